The van der Waals surface area contributed by atoms with E-state index in [9.17, 15) is 4.79 Å². The van der Waals surface area contributed by atoms with E-state index in [4.69, 9.17) is 5.73 Å². The molecule has 5 atom stereocenters. The summed E-state index contributed by atoms with van der Waals surface area (Å²) in [7, 11) is 0. The predicted octanol–water partition coefficient (Wildman–Crippen LogP) is 1.81. The van der Waals surface area contributed by atoms with Gasteiger partial charge in [0.1, 0.15) is 0 Å². The van der Waals surface area contributed by atoms with E-state index >= 15 is 0 Å². The van der Waals surface area contributed by atoms with Crippen molar-refractivity contribution in [3.8, 4) is 0 Å². The highest BCUT2D eigenvalue weighted by atomic mass is 16.2. The van der Waals surface area contributed by atoms with Gasteiger partial charge in [0.25, 0.3) is 0 Å². The van der Waals surface area contributed by atoms with Crippen LogP contribution in [-0.2, 0) is 4.79 Å². The fourth-order valence-corrected chi connectivity index (χ4v) is 4.23. The smallest absolute Gasteiger partial charge is 0.227 e. The van der Waals surface area contributed by atoms with Crippen molar-refractivity contribution in [2.24, 2.45) is 23.0 Å². The van der Waals surface area contributed by atoms with Crippen molar-refractivity contribution in [1.29, 1.82) is 0 Å². The van der Waals surface area contributed by atoms with E-state index in [0.717, 1.165) is 31.1 Å². The van der Waals surface area contributed by atoms with Crippen LogP contribution in [0.2, 0.25) is 0 Å². The first kappa shape index (κ1) is 11.5. The highest BCUT2D eigenvalue weighted by molar-refractivity contribution is 5.83. The largest absolute Gasteiger partial charge is 0.353 e. The molecule has 17 heavy (non-hydrogen) atoms. The quantitative estimate of drug-likeness (QED) is 0.768. The van der Waals surface area contributed by atoms with E-state index in [1.165, 1.54) is 25.7 Å². The fraction of sp³-hybridized carbons (Fsp3) is 0.929. The monoisotopic (exact) mass is 236 g/mol. The molecule has 0 saturated heterocycles. The molecule has 3 heteroatoms. The molecule has 2 bridgehead atoms. The lowest BCUT2D eigenvalue weighted by molar-refractivity contribution is -0.131. The molecule has 3 rings (SSSR count). The maximum atomic E-state index is 12.4. The Hall–Kier alpha value is -0.570. The lowest BCUT2D eigenvalue weighted by atomic mass is 9.83. The molecule has 0 aromatic carbocycles. The summed E-state index contributed by atoms with van der Waals surface area (Å²) in [5, 5.41) is 3.30. The second-order valence-corrected chi connectivity index (χ2v) is 6.67. The number of carbonyl (C=O) groups is 1. The van der Waals surface area contributed by atoms with Crippen molar-refractivity contribution in [3.05, 3.63) is 0 Å². The van der Waals surface area contributed by atoms with Crippen molar-refractivity contribution in [2.45, 2.75) is 64.0 Å². The topological polar surface area (TPSA) is 55.1 Å². The Morgan fingerprint density at radius 1 is 1.29 bits per heavy atom. The summed E-state index contributed by atoms with van der Waals surface area (Å²) in [6, 6.07) is 0.506. The number of amides is 1. The van der Waals surface area contributed by atoms with E-state index in [2.05, 4.69) is 5.32 Å². The molecule has 0 radical (unpaired) electrons. The zero-order chi connectivity index (χ0) is 12.0. The summed E-state index contributed by atoms with van der Waals surface area (Å²) in [6.45, 7) is 2.05. The van der Waals surface area contributed by atoms with Gasteiger partial charge >= 0.3 is 0 Å². The van der Waals surface area contributed by atoms with Crippen LogP contribution in [0.4, 0.5) is 0 Å². The summed E-state index contributed by atoms with van der Waals surface area (Å²) >= 11 is 0. The maximum absolute atomic E-state index is 12.4. The zero-order valence-electron chi connectivity index (χ0n) is 10.7. The molecule has 3 aliphatic carbocycles. The van der Waals surface area contributed by atoms with Crippen LogP contribution in [0.15, 0.2) is 0 Å². The SMILES string of the molecule is CC1(C(=O)NC2CC3CCC2C3)CCCC1N. The molecule has 3 fully saturated rings. The summed E-state index contributed by atoms with van der Waals surface area (Å²) in [5.41, 5.74) is 5.80. The van der Waals surface area contributed by atoms with Gasteiger partial charge in [0, 0.05) is 12.1 Å². The Balaban J connectivity index is 1.64. The fourth-order valence-electron chi connectivity index (χ4n) is 4.23. The molecule has 96 valence electrons. The van der Waals surface area contributed by atoms with Gasteiger partial charge in [-0.25, -0.2) is 0 Å². The van der Waals surface area contributed by atoms with Gasteiger partial charge in [0.2, 0.25) is 5.91 Å². The first-order valence-corrected chi connectivity index (χ1v) is 7.16. The Morgan fingerprint density at radius 2 is 2.12 bits per heavy atom. The van der Waals surface area contributed by atoms with Gasteiger partial charge in [0.15, 0.2) is 0 Å². The molecule has 0 aromatic heterocycles. The number of carbonyl (C=O) groups excluding carboxylic acids is 1. The van der Waals surface area contributed by atoms with Gasteiger partial charge in [0.05, 0.1) is 5.41 Å². The van der Waals surface area contributed by atoms with Crippen LogP contribution in [0.5, 0.6) is 0 Å². The number of hydrogen-bond donors (Lipinski definition) is 2. The number of rotatable bonds is 2. The summed E-state index contributed by atoms with van der Waals surface area (Å²) in [5.74, 6) is 1.86. The molecule has 3 N–H and O–H groups in total. The van der Waals surface area contributed by atoms with Gasteiger partial charge in [-0.3, -0.25) is 4.79 Å². The molecule has 0 aromatic rings. The maximum Gasteiger partial charge on any atom is 0.227 e. The zero-order valence-corrected chi connectivity index (χ0v) is 10.7. The molecular weight excluding hydrogens is 212 g/mol. The third-order valence-corrected chi connectivity index (χ3v) is 5.60. The molecule has 0 heterocycles. The van der Waals surface area contributed by atoms with E-state index in [1.54, 1.807) is 0 Å². The Labute approximate surface area is 104 Å². The standard InChI is InChI=1S/C14H24N2O/c1-14(6-2-3-12(14)15)13(17)16-11-8-9-4-5-10(11)7-9/h9-12H,2-8,15H2,1H3,(H,16,17). The van der Waals surface area contributed by atoms with Crippen molar-refractivity contribution in [2.75, 3.05) is 0 Å². The predicted molar refractivity (Wildman–Crippen MR) is 67.3 cm³/mol. The van der Waals surface area contributed by atoms with Gasteiger partial charge < -0.3 is 11.1 Å². The number of nitrogens with one attached hydrogen (secondary N) is 1. The number of nitrogens with two attached hydrogens (primary N) is 1. The van der Waals surface area contributed by atoms with Gasteiger partial charge in [-0.15, -0.1) is 0 Å². The molecule has 3 aliphatic rings. The second-order valence-electron chi connectivity index (χ2n) is 6.67. The third-order valence-electron chi connectivity index (χ3n) is 5.60. The van der Waals surface area contributed by atoms with Crippen LogP contribution < -0.4 is 11.1 Å². The minimum Gasteiger partial charge on any atom is -0.353 e. The van der Waals surface area contributed by atoms with Crippen molar-refractivity contribution in [3.63, 3.8) is 0 Å². The lowest BCUT2D eigenvalue weighted by Crippen LogP contribution is -2.51. The average Bonchev–Trinajstić information content (AvgIpc) is 2.96. The second kappa shape index (κ2) is 3.98. The summed E-state index contributed by atoms with van der Waals surface area (Å²) < 4.78 is 0. The summed E-state index contributed by atoms with van der Waals surface area (Å²) in [6.07, 6.45) is 8.31. The van der Waals surface area contributed by atoms with Crippen LogP contribution >= 0.6 is 0 Å². The van der Waals surface area contributed by atoms with E-state index in [1.807, 2.05) is 6.92 Å². The molecule has 0 spiro atoms. The molecule has 3 saturated carbocycles. The first-order chi connectivity index (χ1) is 8.09. The normalized spacial score (nSPS) is 48.6. The van der Waals surface area contributed by atoms with Crippen molar-refractivity contribution >= 4 is 5.91 Å². The van der Waals surface area contributed by atoms with E-state index in [0.29, 0.717) is 6.04 Å². The number of fused-ring (bicyclic) bond motifs is 2. The van der Waals surface area contributed by atoms with Crippen LogP contribution in [-0.4, -0.2) is 18.0 Å². The van der Waals surface area contributed by atoms with Crippen molar-refractivity contribution < 1.29 is 4.79 Å². The Bertz CT molecular complexity index is 330. The van der Waals surface area contributed by atoms with Gasteiger partial charge in [-0.05, 0) is 50.9 Å². The molecule has 0 aliphatic heterocycles. The molecular formula is C14H24N2O. The van der Waals surface area contributed by atoms with Crippen LogP contribution in [0.3, 0.4) is 0 Å². The molecule has 1 amide bonds. The highest BCUT2D eigenvalue weighted by Gasteiger charge is 2.46. The highest BCUT2D eigenvalue weighted by Crippen LogP contribution is 2.45. The average molecular weight is 236 g/mol. The minimum absolute atomic E-state index is 0.0566. The van der Waals surface area contributed by atoms with Crippen LogP contribution in [0.1, 0.15) is 51.9 Å². The lowest BCUT2D eigenvalue weighted by Gasteiger charge is -2.31. The Morgan fingerprint density at radius 3 is 2.65 bits per heavy atom. The first-order valence-electron chi connectivity index (χ1n) is 7.16. The van der Waals surface area contributed by atoms with Crippen molar-refractivity contribution in [1.82, 2.24) is 5.32 Å². The van der Waals surface area contributed by atoms with Gasteiger partial charge in [-0.1, -0.05) is 12.8 Å². The number of hydrogen-bond acceptors (Lipinski definition) is 2. The van der Waals surface area contributed by atoms with Gasteiger partial charge in [-0.2, -0.15) is 0 Å². The van der Waals surface area contributed by atoms with E-state index < -0.39 is 0 Å². The third kappa shape index (κ3) is 1.79. The van der Waals surface area contributed by atoms with Crippen LogP contribution in [0, 0.1) is 17.3 Å². The molecule has 5 unspecified atom stereocenters. The summed E-state index contributed by atoms with van der Waals surface area (Å²) in [4.78, 5) is 12.4. The van der Waals surface area contributed by atoms with E-state index in [-0.39, 0.29) is 17.4 Å². The Kier molecular flexibility index (Phi) is 2.69. The van der Waals surface area contributed by atoms with Crippen LogP contribution in [0.25, 0.3) is 0 Å². The molecule has 3 nitrogen and oxygen atoms in total. The minimum atomic E-state index is -0.304.